The van der Waals surface area contributed by atoms with Crippen molar-refractivity contribution in [3.05, 3.63) is 28.2 Å². The molecule has 2 heterocycles. The van der Waals surface area contributed by atoms with E-state index in [4.69, 9.17) is 5.11 Å². The van der Waals surface area contributed by atoms with E-state index < -0.39 is 5.97 Å². The largest absolute Gasteiger partial charge is 0.477 e. The number of aromatic carboxylic acids is 1. The fourth-order valence-corrected chi connectivity index (χ4v) is 2.38. The number of rotatable bonds is 3. The second kappa shape index (κ2) is 4.09. The zero-order chi connectivity index (χ0) is 11.7. The fourth-order valence-electron chi connectivity index (χ4n) is 1.63. The van der Waals surface area contributed by atoms with Crippen LogP contribution < -0.4 is 0 Å². The minimum atomic E-state index is -0.881. The molecular weight excluding hydrogens is 224 g/mol. The Bertz CT molecular complexity index is 528. The van der Waals surface area contributed by atoms with Gasteiger partial charge in [-0.05, 0) is 25.3 Å². The van der Waals surface area contributed by atoms with Crippen LogP contribution in [0.25, 0.3) is 11.1 Å². The average Bonchev–Trinajstić information content (AvgIpc) is 2.82. The van der Waals surface area contributed by atoms with Crippen molar-refractivity contribution in [1.29, 1.82) is 0 Å². The maximum absolute atomic E-state index is 11.0. The minimum Gasteiger partial charge on any atom is -0.477 e. The van der Waals surface area contributed by atoms with E-state index in [0.29, 0.717) is 4.88 Å². The van der Waals surface area contributed by atoms with Crippen molar-refractivity contribution in [1.82, 2.24) is 9.78 Å². The van der Waals surface area contributed by atoms with Crippen molar-refractivity contribution in [2.24, 2.45) is 0 Å². The number of carboxylic acid groups (broad SMARTS) is 1. The first-order chi connectivity index (χ1) is 7.63. The predicted octanol–water partition coefficient (Wildman–Crippen LogP) is 2.64. The molecule has 0 amide bonds. The summed E-state index contributed by atoms with van der Waals surface area (Å²) in [6.07, 6.45) is 1.89. The normalized spacial score (nSPS) is 10.6. The standard InChI is InChI=1S/C11H12N2O2S/c1-3-13-6-9(7(2)12-13)8-4-5-16-10(8)11(14)15/h4-6H,3H2,1-2H3,(H,14,15). The maximum Gasteiger partial charge on any atom is 0.346 e. The summed E-state index contributed by atoms with van der Waals surface area (Å²) in [4.78, 5) is 11.4. The lowest BCUT2D eigenvalue weighted by Crippen LogP contribution is -1.94. The molecule has 0 spiro atoms. The third-order valence-corrected chi connectivity index (χ3v) is 3.32. The summed E-state index contributed by atoms with van der Waals surface area (Å²) in [7, 11) is 0. The summed E-state index contributed by atoms with van der Waals surface area (Å²) in [6, 6.07) is 1.83. The van der Waals surface area contributed by atoms with Crippen LogP contribution in [-0.2, 0) is 6.54 Å². The molecule has 5 heteroatoms. The highest BCUT2D eigenvalue weighted by Gasteiger charge is 2.16. The number of aromatic nitrogens is 2. The molecule has 0 aliphatic rings. The van der Waals surface area contributed by atoms with Crippen molar-refractivity contribution < 1.29 is 9.90 Å². The van der Waals surface area contributed by atoms with Crippen LogP contribution in [0.4, 0.5) is 0 Å². The maximum atomic E-state index is 11.0. The first-order valence-electron chi connectivity index (χ1n) is 4.98. The molecule has 0 radical (unpaired) electrons. The number of hydrogen-bond donors (Lipinski definition) is 1. The van der Waals surface area contributed by atoms with Gasteiger partial charge in [0.2, 0.25) is 0 Å². The first kappa shape index (κ1) is 10.9. The lowest BCUT2D eigenvalue weighted by Gasteiger charge is -1.97. The quantitative estimate of drug-likeness (QED) is 0.891. The second-order valence-corrected chi connectivity index (χ2v) is 4.37. The highest BCUT2D eigenvalue weighted by molar-refractivity contribution is 7.12. The van der Waals surface area contributed by atoms with Crippen molar-refractivity contribution in [2.75, 3.05) is 0 Å². The van der Waals surface area contributed by atoms with E-state index in [-0.39, 0.29) is 0 Å². The van der Waals surface area contributed by atoms with Gasteiger partial charge in [-0.3, -0.25) is 4.68 Å². The molecule has 16 heavy (non-hydrogen) atoms. The molecule has 0 saturated heterocycles. The van der Waals surface area contributed by atoms with Crippen LogP contribution in [0.1, 0.15) is 22.3 Å². The van der Waals surface area contributed by atoms with Gasteiger partial charge in [-0.2, -0.15) is 5.10 Å². The zero-order valence-electron chi connectivity index (χ0n) is 9.10. The van der Waals surface area contributed by atoms with E-state index in [0.717, 1.165) is 23.4 Å². The van der Waals surface area contributed by atoms with Crippen LogP contribution in [0.15, 0.2) is 17.6 Å². The molecule has 2 aromatic heterocycles. The van der Waals surface area contributed by atoms with Gasteiger partial charge >= 0.3 is 5.97 Å². The topological polar surface area (TPSA) is 55.1 Å². The second-order valence-electron chi connectivity index (χ2n) is 3.45. The Balaban J connectivity index is 2.53. The van der Waals surface area contributed by atoms with Gasteiger partial charge in [0.05, 0.1) is 5.69 Å². The predicted molar refractivity (Wildman–Crippen MR) is 62.9 cm³/mol. The Labute approximate surface area is 97.2 Å². The van der Waals surface area contributed by atoms with E-state index in [1.165, 1.54) is 11.3 Å². The Morgan fingerprint density at radius 1 is 1.56 bits per heavy atom. The lowest BCUT2D eigenvalue weighted by atomic mass is 10.1. The highest BCUT2D eigenvalue weighted by Crippen LogP contribution is 2.30. The summed E-state index contributed by atoms with van der Waals surface area (Å²) >= 11 is 1.24. The molecule has 0 bridgehead atoms. The molecule has 0 saturated carbocycles. The van der Waals surface area contributed by atoms with E-state index in [2.05, 4.69) is 5.10 Å². The molecule has 84 valence electrons. The van der Waals surface area contributed by atoms with Crippen LogP contribution in [0, 0.1) is 6.92 Å². The summed E-state index contributed by atoms with van der Waals surface area (Å²) in [5.41, 5.74) is 2.53. The molecule has 2 rings (SSSR count). The summed E-state index contributed by atoms with van der Waals surface area (Å²) in [5.74, 6) is -0.881. The molecule has 0 unspecified atom stereocenters. The van der Waals surface area contributed by atoms with E-state index in [1.54, 1.807) is 5.38 Å². The summed E-state index contributed by atoms with van der Waals surface area (Å²) in [6.45, 7) is 4.68. The van der Waals surface area contributed by atoms with Crippen molar-refractivity contribution in [3.63, 3.8) is 0 Å². The molecule has 0 atom stereocenters. The fraction of sp³-hybridized carbons (Fsp3) is 0.273. The number of thiophene rings is 1. The van der Waals surface area contributed by atoms with Crippen molar-refractivity contribution >= 4 is 17.3 Å². The van der Waals surface area contributed by atoms with Crippen LogP contribution in [0.3, 0.4) is 0 Å². The monoisotopic (exact) mass is 236 g/mol. The third kappa shape index (κ3) is 1.74. The Morgan fingerprint density at radius 2 is 2.31 bits per heavy atom. The van der Waals surface area contributed by atoms with Gasteiger partial charge in [0, 0.05) is 23.9 Å². The Hall–Kier alpha value is -1.62. The van der Waals surface area contributed by atoms with E-state index >= 15 is 0 Å². The molecule has 1 N–H and O–H groups in total. The summed E-state index contributed by atoms with van der Waals surface area (Å²) < 4.78 is 1.81. The zero-order valence-corrected chi connectivity index (χ0v) is 9.91. The van der Waals surface area contributed by atoms with Gasteiger partial charge in [-0.1, -0.05) is 0 Å². The van der Waals surface area contributed by atoms with Gasteiger partial charge in [-0.15, -0.1) is 11.3 Å². The molecule has 0 aromatic carbocycles. The molecule has 0 fully saturated rings. The molecule has 0 aliphatic carbocycles. The van der Waals surface area contributed by atoms with Crippen LogP contribution >= 0.6 is 11.3 Å². The van der Waals surface area contributed by atoms with Gasteiger partial charge in [0.15, 0.2) is 0 Å². The number of aryl methyl sites for hydroxylation is 2. The van der Waals surface area contributed by atoms with Crippen LogP contribution in [0.2, 0.25) is 0 Å². The van der Waals surface area contributed by atoms with Crippen LogP contribution in [0.5, 0.6) is 0 Å². The number of nitrogens with zero attached hydrogens (tertiary/aromatic N) is 2. The molecule has 4 nitrogen and oxygen atoms in total. The number of carboxylic acids is 1. The lowest BCUT2D eigenvalue weighted by molar-refractivity contribution is 0.0703. The van der Waals surface area contributed by atoms with Crippen molar-refractivity contribution in [3.8, 4) is 11.1 Å². The highest BCUT2D eigenvalue weighted by atomic mass is 32.1. The minimum absolute atomic E-state index is 0.374. The molecule has 2 aromatic rings. The smallest absolute Gasteiger partial charge is 0.346 e. The first-order valence-corrected chi connectivity index (χ1v) is 5.86. The summed E-state index contributed by atoms with van der Waals surface area (Å²) in [5, 5.41) is 15.2. The SMILES string of the molecule is CCn1cc(-c2ccsc2C(=O)O)c(C)n1. The van der Waals surface area contributed by atoms with Crippen LogP contribution in [-0.4, -0.2) is 20.9 Å². The molecule has 0 aliphatic heterocycles. The van der Waals surface area contributed by atoms with Gasteiger partial charge in [-0.25, -0.2) is 4.79 Å². The number of hydrogen-bond acceptors (Lipinski definition) is 3. The van der Waals surface area contributed by atoms with Gasteiger partial charge < -0.3 is 5.11 Å². The van der Waals surface area contributed by atoms with E-state index in [1.807, 2.05) is 30.8 Å². The van der Waals surface area contributed by atoms with Gasteiger partial charge in [0.1, 0.15) is 4.88 Å². The average molecular weight is 236 g/mol. The van der Waals surface area contributed by atoms with Gasteiger partial charge in [0.25, 0.3) is 0 Å². The molecular formula is C11H12N2O2S. The van der Waals surface area contributed by atoms with Crippen molar-refractivity contribution in [2.45, 2.75) is 20.4 Å². The Kier molecular flexibility index (Phi) is 2.78. The number of carbonyl (C=O) groups is 1. The Morgan fingerprint density at radius 3 is 2.88 bits per heavy atom. The third-order valence-electron chi connectivity index (χ3n) is 2.42. The van der Waals surface area contributed by atoms with E-state index in [9.17, 15) is 4.79 Å².